The Morgan fingerprint density at radius 2 is 2.21 bits per heavy atom. The van der Waals surface area contributed by atoms with Crippen LogP contribution in [0.3, 0.4) is 0 Å². The maximum Gasteiger partial charge on any atom is 0.246 e. The molecule has 0 spiro atoms. The molecule has 0 aliphatic carbocycles. The summed E-state index contributed by atoms with van der Waals surface area (Å²) >= 11 is 0. The SMILES string of the molecule is COc1cc(/C=C/C(=O)N2CCCCC2CN)cc2c1OCCO2. The van der Waals surface area contributed by atoms with Crippen LogP contribution in [0, 0.1) is 0 Å². The van der Waals surface area contributed by atoms with E-state index in [9.17, 15) is 4.79 Å². The van der Waals surface area contributed by atoms with E-state index in [0.29, 0.717) is 37.0 Å². The summed E-state index contributed by atoms with van der Waals surface area (Å²) in [5.41, 5.74) is 6.63. The molecule has 1 unspecified atom stereocenters. The maximum absolute atomic E-state index is 12.5. The van der Waals surface area contributed by atoms with Crippen LogP contribution in [0.2, 0.25) is 0 Å². The van der Waals surface area contributed by atoms with E-state index in [4.69, 9.17) is 19.9 Å². The van der Waals surface area contributed by atoms with E-state index in [-0.39, 0.29) is 11.9 Å². The fourth-order valence-electron chi connectivity index (χ4n) is 3.19. The first-order valence-electron chi connectivity index (χ1n) is 8.39. The van der Waals surface area contributed by atoms with Crippen molar-refractivity contribution in [2.45, 2.75) is 25.3 Å². The van der Waals surface area contributed by atoms with Crippen LogP contribution >= 0.6 is 0 Å². The average Bonchev–Trinajstić information content (AvgIpc) is 2.65. The fraction of sp³-hybridized carbons (Fsp3) is 0.500. The summed E-state index contributed by atoms with van der Waals surface area (Å²) in [7, 11) is 1.59. The fourth-order valence-corrected chi connectivity index (χ4v) is 3.19. The van der Waals surface area contributed by atoms with E-state index in [1.807, 2.05) is 17.0 Å². The molecule has 1 saturated heterocycles. The second kappa shape index (κ2) is 7.57. The van der Waals surface area contributed by atoms with E-state index in [2.05, 4.69) is 0 Å². The minimum Gasteiger partial charge on any atom is -0.493 e. The molecule has 1 fully saturated rings. The van der Waals surface area contributed by atoms with Gasteiger partial charge in [-0.3, -0.25) is 4.79 Å². The van der Waals surface area contributed by atoms with E-state index in [1.165, 1.54) is 0 Å². The minimum absolute atomic E-state index is 0.000920. The topological polar surface area (TPSA) is 74.0 Å². The molecule has 0 saturated carbocycles. The summed E-state index contributed by atoms with van der Waals surface area (Å²) in [6.07, 6.45) is 6.53. The number of fused-ring (bicyclic) bond motifs is 1. The number of amides is 1. The second-order valence-corrected chi connectivity index (χ2v) is 6.00. The largest absolute Gasteiger partial charge is 0.493 e. The van der Waals surface area contributed by atoms with E-state index < -0.39 is 0 Å². The minimum atomic E-state index is -0.000920. The van der Waals surface area contributed by atoms with Gasteiger partial charge in [0, 0.05) is 25.2 Å². The van der Waals surface area contributed by atoms with Gasteiger partial charge < -0.3 is 24.8 Å². The summed E-state index contributed by atoms with van der Waals surface area (Å²) in [5, 5.41) is 0. The molecular weight excluding hydrogens is 308 g/mol. The van der Waals surface area contributed by atoms with Crippen LogP contribution in [0.5, 0.6) is 17.2 Å². The number of piperidine rings is 1. The Hall–Kier alpha value is -2.21. The first-order valence-corrected chi connectivity index (χ1v) is 8.39. The van der Waals surface area contributed by atoms with Gasteiger partial charge >= 0.3 is 0 Å². The van der Waals surface area contributed by atoms with Gasteiger partial charge in [-0.05, 0) is 43.0 Å². The van der Waals surface area contributed by atoms with Gasteiger partial charge in [-0.1, -0.05) is 0 Å². The van der Waals surface area contributed by atoms with Crippen LogP contribution in [0.25, 0.3) is 6.08 Å². The van der Waals surface area contributed by atoms with E-state index >= 15 is 0 Å². The van der Waals surface area contributed by atoms with Crippen LogP contribution < -0.4 is 19.9 Å². The van der Waals surface area contributed by atoms with Crippen molar-refractivity contribution in [3.8, 4) is 17.2 Å². The standard InChI is InChI=1S/C18H24N2O4/c1-22-15-10-13(11-16-18(15)24-9-8-23-16)5-6-17(21)20-7-3-2-4-14(20)12-19/h5-6,10-11,14H,2-4,7-9,12,19H2,1H3/b6-5+. The molecule has 1 aromatic rings. The lowest BCUT2D eigenvalue weighted by Gasteiger charge is -2.34. The van der Waals surface area contributed by atoms with Gasteiger partial charge in [0.2, 0.25) is 11.7 Å². The quantitative estimate of drug-likeness (QED) is 0.852. The lowest BCUT2D eigenvalue weighted by Crippen LogP contribution is -2.46. The van der Waals surface area contributed by atoms with Gasteiger partial charge in [0.25, 0.3) is 0 Å². The zero-order valence-corrected chi connectivity index (χ0v) is 14.0. The van der Waals surface area contributed by atoms with Crippen LogP contribution in [-0.4, -0.2) is 50.3 Å². The molecule has 0 aromatic heterocycles. The van der Waals surface area contributed by atoms with Crippen molar-refractivity contribution in [1.82, 2.24) is 4.90 Å². The number of methoxy groups -OCH3 is 1. The lowest BCUT2D eigenvalue weighted by atomic mass is 10.0. The number of carbonyl (C=O) groups is 1. The Morgan fingerprint density at radius 1 is 1.38 bits per heavy atom. The smallest absolute Gasteiger partial charge is 0.246 e. The highest BCUT2D eigenvalue weighted by Crippen LogP contribution is 2.40. The van der Waals surface area contributed by atoms with Gasteiger partial charge in [0.05, 0.1) is 7.11 Å². The van der Waals surface area contributed by atoms with E-state index in [1.54, 1.807) is 19.3 Å². The Morgan fingerprint density at radius 3 is 3.00 bits per heavy atom. The van der Waals surface area contributed by atoms with Crippen molar-refractivity contribution in [2.24, 2.45) is 5.73 Å². The maximum atomic E-state index is 12.5. The number of likely N-dealkylation sites (tertiary alicyclic amines) is 1. The molecule has 2 aliphatic heterocycles. The van der Waals surface area contributed by atoms with Crippen LogP contribution in [0.15, 0.2) is 18.2 Å². The highest BCUT2D eigenvalue weighted by molar-refractivity contribution is 5.92. The van der Waals surface area contributed by atoms with Gasteiger partial charge in [-0.25, -0.2) is 0 Å². The zero-order chi connectivity index (χ0) is 16.9. The molecule has 6 nitrogen and oxygen atoms in total. The molecule has 2 N–H and O–H groups in total. The predicted octanol–water partition coefficient (Wildman–Crippen LogP) is 1.82. The lowest BCUT2D eigenvalue weighted by molar-refractivity contribution is -0.129. The van der Waals surface area contributed by atoms with Crippen LogP contribution in [0.4, 0.5) is 0 Å². The van der Waals surface area contributed by atoms with Crippen molar-refractivity contribution in [2.75, 3.05) is 33.4 Å². The van der Waals surface area contributed by atoms with Gasteiger partial charge in [-0.2, -0.15) is 0 Å². The molecule has 2 aliphatic rings. The molecule has 0 radical (unpaired) electrons. The number of hydrogen-bond acceptors (Lipinski definition) is 5. The molecule has 6 heteroatoms. The number of nitrogens with zero attached hydrogens (tertiary/aromatic N) is 1. The first kappa shape index (κ1) is 16.6. The van der Waals surface area contributed by atoms with Crippen LogP contribution in [-0.2, 0) is 4.79 Å². The predicted molar refractivity (Wildman–Crippen MR) is 91.4 cm³/mol. The summed E-state index contributed by atoms with van der Waals surface area (Å²) in [6, 6.07) is 3.84. The normalized spacial score (nSPS) is 20.2. The molecule has 1 aromatic carbocycles. The Labute approximate surface area is 142 Å². The molecular formula is C18H24N2O4. The molecule has 2 heterocycles. The Bertz CT molecular complexity index is 612. The van der Waals surface area contributed by atoms with Crippen molar-refractivity contribution in [3.63, 3.8) is 0 Å². The zero-order valence-electron chi connectivity index (χ0n) is 14.0. The summed E-state index contributed by atoms with van der Waals surface area (Å²) in [4.78, 5) is 14.4. The summed E-state index contributed by atoms with van der Waals surface area (Å²) < 4.78 is 16.6. The third-order valence-electron chi connectivity index (χ3n) is 4.45. The number of hydrogen-bond donors (Lipinski definition) is 1. The molecule has 3 rings (SSSR count). The van der Waals surface area contributed by atoms with E-state index in [0.717, 1.165) is 31.4 Å². The van der Waals surface area contributed by atoms with Crippen LogP contribution in [0.1, 0.15) is 24.8 Å². The third-order valence-corrected chi connectivity index (χ3v) is 4.45. The van der Waals surface area contributed by atoms with Crippen molar-refractivity contribution in [1.29, 1.82) is 0 Å². The highest BCUT2D eigenvalue weighted by Gasteiger charge is 2.24. The highest BCUT2D eigenvalue weighted by atomic mass is 16.6. The van der Waals surface area contributed by atoms with Gasteiger partial charge in [0.15, 0.2) is 11.5 Å². The molecule has 1 atom stereocenters. The second-order valence-electron chi connectivity index (χ2n) is 6.00. The Kier molecular flexibility index (Phi) is 5.25. The Balaban J connectivity index is 1.77. The number of rotatable bonds is 4. The first-order chi connectivity index (χ1) is 11.7. The number of nitrogens with two attached hydrogens (primary N) is 1. The third kappa shape index (κ3) is 3.48. The summed E-state index contributed by atoms with van der Waals surface area (Å²) in [6.45, 7) is 2.30. The number of ether oxygens (including phenoxy) is 3. The molecule has 130 valence electrons. The monoisotopic (exact) mass is 332 g/mol. The molecule has 1 amide bonds. The summed E-state index contributed by atoms with van der Waals surface area (Å²) in [5.74, 6) is 1.87. The molecule has 24 heavy (non-hydrogen) atoms. The van der Waals surface area contributed by atoms with Gasteiger partial charge in [-0.15, -0.1) is 0 Å². The van der Waals surface area contributed by atoms with Crippen molar-refractivity contribution < 1.29 is 19.0 Å². The number of carbonyl (C=O) groups excluding carboxylic acids is 1. The number of benzene rings is 1. The van der Waals surface area contributed by atoms with Crippen molar-refractivity contribution in [3.05, 3.63) is 23.8 Å². The van der Waals surface area contributed by atoms with Crippen molar-refractivity contribution >= 4 is 12.0 Å². The average molecular weight is 332 g/mol. The molecule has 0 bridgehead atoms. The van der Waals surface area contributed by atoms with Gasteiger partial charge in [0.1, 0.15) is 13.2 Å².